The zero-order valence-electron chi connectivity index (χ0n) is 11.9. The van der Waals surface area contributed by atoms with Crippen LogP contribution in [0.5, 0.6) is 0 Å². The summed E-state index contributed by atoms with van der Waals surface area (Å²) in [4.78, 5) is 13.8. The van der Waals surface area contributed by atoms with Gasteiger partial charge in [0.2, 0.25) is 5.91 Å². The van der Waals surface area contributed by atoms with Crippen LogP contribution in [-0.2, 0) is 27.4 Å². The summed E-state index contributed by atoms with van der Waals surface area (Å²) in [6.07, 6.45) is 0. The average Bonchev–Trinajstić information content (AvgIpc) is 2.48. The minimum absolute atomic E-state index is 0.0892. The fourth-order valence-corrected chi connectivity index (χ4v) is 2.26. The lowest BCUT2D eigenvalue weighted by molar-refractivity contribution is -0.124. The van der Waals surface area contributed by atoms with E-state index in [9.17, 15) is 4.79 Å². The maximum Gasteiger partial charge on any atom is 0.246 e. The molecule has 1 amide bonds. The van der Waals surface area contributed by atoms with Crippen LogP contribution in [0.15, 0.2) is 24.3 Å². The number of methoxy groups -OCH3 is 1. The maximum atomic E-state index is 11.5. The van der Waals surface area contributed by atoms with Crippen molar-refractivity contribution in [2.45, 2.75) is 13.1 Å². The van der Waals surface area contributed by atoms with Gasteiger partial charge in [0.05, 0.1) is 13.2 Å². The number of hydrogen-bond donors (Lipinski definition) is 1. The van der Waals surface area contributed by atoms with Gasteiger partial charge in [-0.15, -0.1) is 0 Å². The first-order valence-electron chi connectivity index (χ1n) is 6.92. The zero-order chi connectivity index (χ0) is 14.2. The minimum atomic E-state index is -0.0892. The lowest BCUT2D eigenvalue weighted by Crippen LogP contribution is -2.36. The molecule has 0 spiro atoms. The summed E-state index contributed by atoms with van der Waals surface area (Å²) < 4.78 is 10.2. The van der Waals surface area contributed by atoms with Gasteiger partial charge in [0.25, 0.3) is 0 Å². The lowest BCUT2D eigenvalue weighted by atomic mass is 10.1. The van der Waals surface area contributed by atoms with Crippen molar-refractivity contribution >= 4 is 5.91 Å². The second kappa shape index (κ2) is 7.99. The molecule has 1 aliphatic heterocycles. The van der Waals surface area contributed by atoms with Gasteiger partial charge in [-0.3, -0.25) is 9.69 Å². The average molecular weight is 278 g/mol. The van der Waals surface area contributed by atoms with Crippen LogP contribution in [0.3, 0.4) is 0 Å². The highest BCUT2D eigenvalue weighted by molar-refractivity contribution is 5.77. The third-order valence-corrected chi connectivity index (χ3v) is 3.37. The van der Waals surface area contributed by atoms with Crippen molar-refractivity contribution in [3.8, 4) is 0 Å². The second-order valence-electron chi connectivity index (χ2n) is 4.87. The molecule has 0 aliphatic carbocycles. The van der Waals surface area contributed by atoms with Crippen LogP contribution in [-0.4, -0.2) is 50.8 Å². The number of amides is 1. The summed E-state index contributed by atoms with van der Waals surface area (Å²) in [5, 5.41) is 2.87. The van der Waals surface area contributed by atoms with E-state index in [4.69, 9.17) is 9.47 Å². The Labute approximate surface area is 119 Å². The molecule has 1 aliphatic rings. The smallest absolute Gasteiger partial charge is 0.246 e. The van der Waals surface area contributed by atoms with Crippen LogP contribution in [0.2, 0.25) is 0 Å². The third-order valence-electron chi connectivity index (χ3n) is 3.37. The third kappa shape index (κ3) is 4.59. The van der Waals surface area contributed by atoms with Gasteiger partial charge in [-0.2, -0.15) is 0 Å². The van der Waals surface area contributed by atoms with Gasteiger partial charge in [0, 0.05) is 33.3 Å². The highest BCUT2D eigenvalue weighted by Gasteiger charge is 2.12. The predicted molar refractivity (Wildman–Crippen MR) is 76.3 cm³/mol. The van der Waals surface area contributed by atoms with Gasteiger partial charge >= 0.3 is 0 Å². The number of nitrogens with one attached hydrogen (secondary N) is 1. The number of ether oxygens (including phenoxy) is 2. The SMILES string of the molecule is COCC(=O)NCc1ccccc1CN1CCOCC1. The molecule has 5 nitrogen and oxygen atoms in total. The quantitative estimate of drug-likeness (QED) is 0.835. The molecule has 0 atom stereocenters. The molecular formula is C15H22N2O3. The normalized spacial score (nSPS) is 16.1. The molecule has 1 heterocycles. The van der Waals surface area contributed by atoms with E-state index in [1.807, 2.05) is 12.1 Å². The standard InChI is InChI=1S/C15H22N2O3/c1-19-12-15(18)16-10-13-4-2-3-5-14(13)11-17-6-8-20-9-7-17/h2-5H,6-12H2,1H3,(H,16,18). The van der Waals surface area contributed by atoms with Crippen LogP contribution in [0.1, 0.15) is 11.1 Å². The van der Waals surface area contributed by atoms with Crippen molar-refractivity contribution in [3.63, 3.8) is 0 Å². The van der Waals surface area contributed by atoms with Gasteiger partial charge in [-0.05, 0) is 11.1 Å². The molecule has 1 saturated heterocycles. The highest BCUT2D eigenvalue weighted by Crippen LogP contribution is 2.12. The maximum absolute atomic E-state index is 11.5. The summed E-state index contributed by atoms with van der Waals surface area (Å²) in [7, 11) is 1.52. The Morgan fingerprint density at radius 1 is 1.30 bits per heavy atom. The number of benzene rings is 1. The van der Waals surface area contributed by atoms with Gasteiger partial charge in [0.1, 0.15) is 6.61 Å². The van der Waals surface area contributed by atoms with Gasteiger partial charge < -0.3 is 14.8 Å². The molecule has 0 unspecified atom stereocenters. The summed E-state index contributed by atoms with van der Waals surface area (Å²) in [6, 6.07) is 8.22. The molecule has 0 bridgehead atoms. The van der Waals surface area contributed by atoms with Crippen LogP contribution in [0.4, 0.5) is 0 Å². The molecule has 20 heavy (non-hydrogen) atoms. The zero-order valence-corrected chi connectivity index (χ0v) is 11.9. The number of rotatable bonds is 6. The molecule has 1 N–H and O–H groups in total. The van der Waals surface area contributed by atoms with Crippen molar-refractivity contribution in [2.75, 3.05) is 40.0 Å². The molecule has 110 valence electrons. The van der Waals surface area contributed by atoms with Crippen molar-refractivity contribution in [2.24, 2.45) is 0 Å². The Kier molecular flexibility index (Phi) is 5.98. The van der Waals surface area contributed by atoms with E-state index in [1.165, 1.54) is 12.7 Å². The van der Waals surface area contributed by atoms with Crippen LogP contribution in [0.25, 0.3) is 0 Å². The molecule has 0 radical (unpaired) electrons. The van der Waals surface area contributed by atoms with E-state index < -0.39 is 0 Å². The van der Waals surface area contributed by atoms with E-state index >= 15 is 0 Å². The number of morpholine rings is 1. The van der Waals surface area contributed by atoms with E-state index in [0.29, 0.717) is 6.54 Å². The lowest BCUT2D eigenvalue weighted by Gasteiger charge is -2.27. The van der Waals surface area contributed by atoms with Crippen LogP contribution in [0, 0.1) is 0 Å². The number of carbonyl (C=O) groups is 1. The fourth-order valence-electron chi connectivity index (χ4n) is 2.26. The van der Waals surface area contributed by atoms with Crippen LogP contribution < -0.4 is 5.32 Å². The Balaban J connectivity index is 1.93. The first-order chi connectivity index (χ1) is 9.79. The van der Waals surface area contributed by atoms with Gasteiger partial charge in [0.15, 0.2) is 0 Å². The van der Waals surface area contributed by atoms with Crippen LogP contribution >= 0.6 is 0 Å². The number of carbonyl (C=O) groups excluding carboxylic acids is 1. The largest absolute Gasteiger partial charge is 0.379 e. The minimum Gasteiger partial charge on any atom is -0.379 e. The number of nitrogens with zero attached hydrogens (tertiary/aromatic N) is 1. The topological polar surface area (TPSA) is 50.8 Å². The van der Waals surface area contributed by atoms with Crippen molar-refractivity contribution in [1.29, 1.82) is 0 Å². The second-order valence-corrected chi connectivity index (χ2v) is 4.87. The number of hydrogen-bond acceptors (Lipinski definition) is 4. The fraction of sp³-hybridized carbons (Fsp3) is 0.533. The predicted octanol–water partition coefficient (Wildman–Crippen LogP) is 0.781. The van der Waals surface area contributed by atoms with E-state index in [2.05, 4.69) is 22.3 Å². The molecule has 1 aromatic rings. The van der Waals surface area contributed by atoms with E-state index in [0.717, 1.165) is 38.4 Å². The molecule has 1 fully saturated rings. The molecule has 0 aromatic heterocycles. The summed E-state index contributed by atoms with van der Waals surface area (Å²) in [5.74, 6) is -0.0892. The molecule has 5 heteroatoms. The molecule has 2 rings (SSSR count). The monoisotopic (exact) mass is 278 g/mol. The summed E-state index contributed by atoms with van der Waals surface area (Å²) >= 11 is 0. The summed E-state index contributed by atoms with van der Waals surface area (Å²) in [6.45, 7) is 5.07. The molecular weight excluding hydrogens is 256 g/mol. The van der Waals surface area contributed by atoms with Crippen molar-refractivity contribution in [1.82, 2.24) is 10.2 Å². The van der Waals surface area contributed by atoms with Gasteiger partial charge in [-0.1, -0.05) is 24.3 Å². The Morgan fingerprint density at radius 2 is 2.00 bits per heavy atom. The first-order valence-corrected chi connectivity index (χ1v) is 6.92. The molecule has 1 aromatic carbocycles. The summed E-state index contributed by atoms with van der Waals surface area (Å²) in [5.41, 5.74) is 2.41. The Morgan fingerprint density at radius 3 is 2.70 bits per heavy atom. The van der Waals surface area contributed by atoms with E-state index in [-0.39, 0.29) is 12.5 Å². The Bertz CT molecular complexity index is 431. The molecule has 0 saturated carbocycles. The van der Waals surface area contributed by atoms with E-state index in [1.54, 1.807) is 0 Å². The Hall–Kier alpha value is -1.43. The van der Waals surface area contributed by atoms with Crippen molar-refractivity contribution < 1.29 is 14.3 Å². The highest BCUT2D eigenvalue weighted by atomic mass is 16.5. The first kappa shape index (κ1) is 15.0. The van der Waals surface area contributed by atoms with Gasteiger partial charge in [-0.25, -0.2) is 0 Å². The van der Waals surface area contributed by atoms with Crippen molar-refractivity contribution in [3.05, 3.63) is 35.4 Å².